The third-order valence-electron chi connectivity index (χ3n) is 2.42. The number of rotatable bonds is 5. The molecule has 96 valence electrons. The van der Waals surface area contributed by atoms with Gasteiger partial charge in [-0.2, -0.15) is 0 Å². The molecule has 0 unspecified atom stereocenters. The first-order valence-corrected chi connectivity index (χ1v) is 5.81. The number of hydrogen-bond acceptors (Lipinski definition) is 4. The molecule has 2 rings (SSSR count). The van der Waals surface area contributed by atoms with E-state index < -0.39 is 0 Å². The lowest BCUT2D eigenvalue weighted by Crippen LogP contribution is -2.07. The highest BCUT2D eigenvalue weighted by Gasteiger charge is 1.98. The molecule has 0 fully saturated rings. The van der Waals surface area contributed by atoms with Crippen molar-refractivity contribution in [3.8, 4) is 0 Å². The van der Waals surface area contributed by atoms with Crippen LogP contribution in [0.1, 0.15) is 5.56 Å². The maximum Gasteiger partial charge on any atom is 0.247 e. The Bertz CT molecular complexity index is 551. The standard InChI is InChI=1S/C14H14N4O/c1-2-13(19)18-12-6-4-11(5-7-12)10-17-14-15-8-3-9-16-14/h2-9H,1,10H2,(H,18,19)(H,15,16,17). The van der Waals surface area contributed by atoms with Crippen LogP contribution in [0, 0.1) is 0 Å². The maximum atomic E-state index is 11.1. The molecule has 1 amide bonds. The van der Waals surface area contributed by atoms with Crippen molar-refractivity contribution in [1.29, 1.82) is 0 Å². The van der Waals surface area contributed by atoms with Crippen LogP contribution in [0.3, 0.4) is 0 Å². The molecule has 0 saturated heterocycles. The highest BCUT2D eigenvalue weighted by atomic mass is 16.1. The smallest absolute Gasteiger partial charge is 0.247 e. The zero-order valence-corrected chi connectivity index (χ0v) is 10.3. The predicted octanol–water partition coefficient (Wildman–Crippen LogP) is 2.21. The number of amides is 1. The molecule has 2 aromatic rings. The largest absolute Gasteiger partial charge is 0.350 e. The third-order valence-corrected chi connectivity index (χ3v) is 2.42. The fraction of sp³-hybridized carbons (Fsp3) is 0.0714. The summed E-state index contributed by atoms with van der Waals surface area (Å²) >= 11 is 0. The minimum absolute atomic E-state index is 0.219. The van der Waals surface area contributed by atoms with Gasteiger partial charge in [0, 0.05) is 24.6 Å². The summed E-state index contributed by atoms with van der Waals surface area (Å²) in [5.41, 5.74) is 1.81. The van der Waals surface area contributed by atoms with E-state index in [2.05, 4.69) is 27.2 Å². The van der Waals surface area contributed by atoms with E-state index in [0.29, 0.717) is 12.5 Å². The van der Waals surface area contributed by atoms with Gasteiger partial charge in [-0.05, 0) is 29.8 Å². The molecule has 1 heterocycles. The fourth-order valence-electron chi connectivity index (χ4n) is 1.47. The number of anilines is 2. The lowest BCUT2D eigenvalue weighted by molar-refractivity contribution is -0.111. The average Bonchev–Trinajstić information content (AvgIpc) is 2.47. The van der Waals surface area contributed by atoms with E-state index in [9.17, 15) is 4.79 Å². The number of nitrogens with one attached hydrogen (secondary N) is 2. The van der Waals surface area contributed by atoms with Gasteiger partial charge in [0.25, 0.3) is 0 Å². The van der Waals surface area contributed by atoms with Gasteiger partial charge in [-0.15, -0.1) is 0 Å². The van der Waals surface area contributed by atoms with Gasteiger partial charge >= 0.3 is 0 Å². The molecule has 19 heavy (non-hydrogen) atoms. The second-order valence-electron chi connectivity index (χ2n) is 3.82. The van der Waals surface area contributed by atoms with Crippen molar-refractivity contribution >= 4 is 17.5 Å². The zero-order chi connectivity index (χ0) is 13.5. The minimum atomic E-state index is -0.219. The molecule has 0 atom stereocenters. The first kappa shape index (κ1) is 12.8. The van der Waals surface area contributed by atoms with Crippen LogP contribution in [-0.4, -0.2) is 15.9 Å². The Morgan fingerprint density at radius 2 is 1.89 bits per heavy atom. The van der Waals surface area contributed by atoms with Crippen LogP contribution in [0.4, 0.5) is 11.6 Å². The molecule has 0 aliphatic rings. The van der Waals surface area contributed by atoms with Crippen LogP contribution < -0.4 is 10.6 Å². The molecular weight excluding hydrogens is 240 g/mol. The van der Waals surface area contributed by atoms with E-state index in [0.717, 1.165) is 11.3 Å². The Kier molecular flexibility index (Phi) is 4.23. The molecule has 0 saturated carbocycles. The number of benzene rings is 1. The van der Waals surface area contributed by atoms with Crippen molar-refractivity contribution in [2.45, 2.75) is 6.54 Å². The van der Waals surface area contributed by atoms with E-state index in [4.69, 9.17) is 0 Å². The maximum absolute atomic E-state index is 11.1. The molecule has 0 aliphatic heterocycles. The Labute approximate surface area is 111 Å². The van der Waals surface area contributed by atoms with Crippen molar-refractivity contribution in [2.75, 3.05) is 10.6 Å². The molecule has 5 heteroatoms. The number of carbonyl (C=O) groups is 1. The fourth-order valence-corrected chi connectivity index (χ4v) is 1.47. The first-order valence-electron chi connectivity index (χ1n) is 5.81. The van der Waals surface area contributed by atoms with E-state index in [1.165, 1.54) is 6.08 Å². The van der Waals surface area contributed by atoms with Gasteiger partial charge in [-0.3, -0.25) is 4.79 Å². The quantitative estimate of drug-likeness (QED) is 0.803. The summed E-state index contributed by atoms with van der Waals surface area (Å²) in [4.78, 5) is 19.3. The zero-order valence-electron chi connectivity index (χ0n) is 10.3. The van der Waals surface area contributed by atoms with E-state index in [-0.39, 0.29) is 5.91 Å². The van der Waals surface area contributed by atoms with Crippen molar-refractivity contribution < 1.29 is 4.79 Å². The Morgan fingerprint density at radius 1 is 1.21 bits per heavy atom. The molecule has 5 nitrogen and oxygen atoms in total. The summed E-state index contributed by atoms with van der Waals surface area (Å²) in [5.74, 6) is 0.370. The van der Waals surface area contributed by atoms with Crippen molar-refractivity contribution in [2.24, 2.45) is 0 Å². The second kappa shape index (κ2) is 6.30. The van der Waals surface area contributed by atoms with Crippen LogP contribution in [0.5, 0.6) is 0 Å². The highest BCUT2D eigenvalue weighted by Crippen LogP contribution is 2.10. The van der Waals surface area contributed by atoms with E-state index in [1.54, 1.807) is 18.5 Å². The molecule has 1 aromatic carbocycles. The number of aromatic nitrogens is 2. The van der Waals surface area contributed by atoms with Crippen LogP contribution in [-0.2, 0) is 11.3 Å². The predicted molar refractivity (Wildman–Crippen MR) is 74.6 cm³/mol. The van der Waals surface area contributed by atoms with Gasteiger partial charge < -0.3 is 10.6 Å². The van der Waals surface area contributed by atoms with Gasteiger partial charge in [-0.1, -0.05) is 18.7 Å². The molecule has 2 N–H and O–H groups in total. The molecule has 1 aromatic heterocycles. The molecular formula is C14H14N4O. The molecule has 0 bridgehead atoms. The summed E-state index contributed by atoms with van der Waals surface area (Å²) in [7, 11) is 0. The lowest BCUT2D eigenvalue weighted by atomic mass is 10.2. The van der Waals surface area contributed by atoms with Gasteiger partial charge in [0.15, 0.2) is 0 Å². The molecule has 0 radical (unpaired) electrons. The topological polar surface area (TPSA) is 66.9 Å². The first-order chi connectivity index (χ1) is 9.28. The van der Waals surface area contributed by atoms with Gasteiger partial charge in [0.05, 0.1) is 0 Å². The summed E-state index contributed by atoms with van der Waals surface area (Å²) in [6.07, 6.45) is 4.61. The van der Waals surface area contributed by atoms with Gasteiger partial charge in [0.2, 0.25) is 11.9 Å². The SMILES string of the molecule is C=CC(=O)Nc1ccc(CNc2ncccn2)cc1. The van der Waals surface area contributed by atoms with Gasteiger partial charge in [-0.25, -0.2) is 9.97 Å². The van der Waals surface area contributed by atoms with E-state index >= 15 is 0 Å². The summed E-state index contributed by atoms with van der Waals surface area (Å²) < 4.78 is 0. The van der Waals surface area contributed by atoms with Crippen molar-refractivity contribution in [1.82, 2.24) is 9.97 Å². The molecule has 0 aliphatic carbocycles. The minimum Gasteiger partial charge on any atom is -0.350 e. The Morgan fingerprint density at radius 3 is 2.53 bits per heavy atom. The summed E-state index contributed by atoms with van der Waals surface area (Å²) in [5, 5.41) is 5.80. The highest BCUT2D eigenvalue weighted by molar-refractivity contribution is 5.98. The van der Waals surface area contributed by atoms with Crippen molar-refractivity contribution in [3.05, 3.63) is 60.9 Å². The summed E-state index contributed by atoms with van der Waals surface area (Å²) in [6.45, 7) is 4.03. The monoisotopic (exact) mass is 254 g/mol. The Hall–Kier alpha value is -2.69. The summed E-state index contributed by atoms with van der Waals surface area (Å²) in [6, 6.07) is 9.29. The van der Waals surface area contributed by atoms with E-state index in [1.807, 2.05) is 24.3 Å². The number of nitrogens with zero attached hydrogens (tertiary/aromatic N) is 2. The Balaban J connectivity index is 1.92. The van der Waals surface area contributed by atoms with Gasteiger partial charge in [0.1, 0.15) is 0 Å². The van der Waals surface area contributed by atoms with Crippen LogP contribution >= 0.6 is 0 Å². The number of hydrogen-bond donors (Lipinski definition) is 2. The number of carbonyl (C=O) groups excluding carboxylic acids is 1. The van der Waals surface area contributed by atoms with Crippen LogP contribution in [0.25, 0.3) is 0 Å². The van der Waals surface area contributed by atoms with Crippen LogP contribution in [0.15, 0.2) is 55.4 Å². The average molecular weight is 254 g/mol. The van der Waals surface area contributed by atoms with Crippen molar-refractivity contribution in [3.63, 3.8) is 0 Å². The normalized spacial score (nSPS) is 9.68. The second-order valence-corrected chi connectivity index (χ2v) is 3.82. The third kappa shape index (κ3) is 3.92. The molecule has 0 spiro atoms. The van der Waals surface area contributed by atoms with Crippen LogP contribution in [0.2, 0.25) is 0 Å². The lowest BCUT2D eigenvalue weighted by Gasteiger charge is -2.06.